The van der Waals surface area contributed by atoms with Crippen molar-refractivity contribution in [3.8, 4) is 0 Å². The predicted octanol–water partition coefficient (Wildman–Crippen LogP) is 1.55. The summed E-state index contributed by atoms with van der Waals surface area (Å²) in [6, 6.07) is 6.64. The van der Waals surface area contributed by atoms with Gasteiger partial charge in [0.2, 0.25) is 0 Å². The molecule has 0 aromatic heterocycles. The Balaban J connectivity index is 1.55. The van der Waals surface area contributed by atoms with Gasteiger partial charge in [-0.05, 0) is 30.7 Å². The van der Waals surface area contributed by atoms with Crippen LogP contribution in [0.1, 0.15) is 6.42 Å². The molecule has 0 spiro atoms. The first-order valence-electron chi connectivity index (χ1n) is 7.48. The quantitative estimate of drug-likeness (QED) is 0.788. The topological polar surface area (TPSA) is 32.8 Å². The SMILES string of the molecule is O=CC1(CN2CCN(c3ccc(F)cc3)CC2)CCOC1. The van der Waals surface area contributed by atoms with Crippen LogP contribution in [0.25, 0.3) is 0 Å². The monoisotopic (exact) mass is 292 g/mol. The van der Waals surface area contributed by atoms with Crippen LogP contribution in [-0.4, -0.2) is 57.1 Å². The second kappa shape index (κ2) is 6.12. The van der Waals surface area contributed by atoms with Crippen molar-refractivity contribution in [3.63, 3.8) is 0 Å². The lowest BCUT2D eigenvalue weighted by molar-refractivity contribution is -0.117. The zero-order valence-electron chi connectivity index (χ0n) is 12.1. The summed E-state index contributed by atoms with van der Waals surface area (Å²) < 4.78 is 18.3. The molecule has 0 radical (unpaired) electrons. The molecular formula is C16H21FN2O2. The van der Waals surface area contributed by atoms with Crippen LogP contribution in [0.2, 0.25) is 0 Å². The highest BCUT2D eigenvalue weighted by Gasteiger charge is 2.37. The molecule has 5 heteroatoms. The molecule has 0 saturated carbocycles. The number of carbonyl (C=O) groups excluding carboxylic acids is 1. The Morgan fingerprint density at radius 1 is 1.19 bits per heavy atom. The number of ether oxygens (including phenoxy) is 1. The molecule has 1 aromatic carbocycles. The van der Waals surface area contributed by atoms with Crippen molar-refractivity contribution in [2.24, 2.45) is 5.41 Å². The molecule has 1 aromatic rings. The van der Waals surface area contributed by atoms with E-state index in [9.17, 15) is 9.18 Å². The fourth-order valence-corrected chi connectivity index (χ4v) is 3.14. The van der Waals surface area contributed by atoms with Gasteiger partial charge >= 0.3 is 0 Å². The third-order valence-corrected chi connectivity index (χ3v) is 4.49. The first-order chi connectivity index (χ1) is 10.2. The summed E-state index contributed by atoms with van der Waals surface area (Å²) >= 11 is 0. The highest BCUT2D eigenvalue weighted by atomic mass is 19.1. The molecule has 0 amide bonds. The van der Waals surface area contributed by atoms with E-state index in [0.29, 0.717) is 13.2 Å². The Kier molecular flexibility index (Phi) is 4.22. The molecule has 2 fully saturated rings. The van der Waals surface area contributed by atoms with Crippen LogP contribution >= 0.6 is 0 Å². The van der Waals surface area contributed by atoms with E-state index >= 15 is 0 Å². The van der Waals surface area contributed by atoms with Crippen LogP contribution in [0.4, 0.5) is 10.1 Å². The van der Waals surface area contributed by atoms with E-state index in [1.54, 1.807) is 0 Å². The number of aldehydes is 1. The van der Waals surface area contributed by atoms with Gasteiger partial charge in [-0.25, -0.2) is 4.39 Å². The second-order valence-corrected chi connectivity index (χ2v) is 6.02. The number of carbonyl (C=O) groups is 1. The summed E-state index contributed by atoms with van der Waals surface area (Å²) in [5, 5.41) is 0. The van der Waals surface area contributed by atoms with E-state index in [2.05, 4.69) is 9.80 Å². The fourth-order valence-electron chi connectivity index (χ4n) is 3.14. The number of piperazine rings is 1. The Bertz CT molecular complexity index is 478. The molecular weight excluding hydrogens is 271 g/mol. The molecule has 2 saturated heterocycles. The molecule has 3 rings (SSSR count). The van der Waals surface area contributed by atoms with Gasteiger partial charge in [0, 0.05) is 45.0 Å². The minimum absolute atomic E-state index is 0.202. The van der Waals surface area contributed by atoms with Gasteiger partial charge in [0.15, 0.2) is 0 Å². The third kappa shape index (κ3) is 3.24. The van der Waals surface area contributed by atoms with E-state index in [-0.39, 0.29) is 11.2 Å². The minimum atomic E-state index is -0.307. The van der Waals surface area contributed by atoms with Gasteiger partial charge in [0.1, 0.15) is 12.1 Å². The van der Waals surface area contributed by atoms with Gasteiger partial charge in [-0.15, -0.1) is 0 Å². The number of halogens is 1. The van der Waals surface area contributed by atoms with E-state index in [0.717, 1.165) is 51.1 Å². The van der Waals surface area contributed by atoms with Crippen LogP contribution in [0.5, 0.6) is 0 Å². The number of benzene rings is 1. The Labute approximate surface area is 124 Å². The minimum Gasteiger partial charge on any atom is -0.380 e. The van der Waals surface area contributed by atoms with E-state index in [1.807, 2.05) is 12.1 Å². The standard InChI is InChI=1S/C16H21FN2O2/c17-14-1-3-15(4-2-14)19-8-6-18(7-9-19)11-16(12-20)5-10-21-13-16/h1-4,12H,5-11,13H2. The van der Waals surface area contributed by atoms with Crippen molar-refractivity contribution >= 4 is 12.0 Å². The Hall–Kier alpha value is -1.46. The maximum absolute atomic E-state index is 13.0. The molecule has 114 valence electrons. The molecule has 2 aliphatic heterocycles. The predicted molar refractivity (Wildman–Crippen MR) is 79.0 cm³/mol. The van der Waals surface area contributed by atoms with Gasteiger partial charge in [-0.1, -0.05) is 0 Å². The van der Waals surface area contributed by atoms with Crippen molar-refractivity contribution in [1.29, 1.82) is 0 Å². The van der Waals surface area contributed by atoms with Crippen molar-refractivity contribution in [1.82, 2.24) is 4.90 Å². The van der Waals surface area contributed by atoms with Gasteiger partial charge in [0.25, 0.3) is 0 Å². The number of hydrogen-bond donors (Lipinski definition) is 0. The Morgan fingerprint density at radius 3 is 2.48 bits per heavy atom. The van der Waals surface area contributed by atoms with Crippen molar-refractivity contribution < 1.29 is 13.9 Å². The summed E-state index contributed by atoms with van der Waals surface area (Å²) in [6.07, 6.45) is 1.90. The summed E-state index contributed by atoms with van der Waals surface area (Å²) in [4.78, 5) is 16.0. The molecule has 21 heavy (non-hydrogen) atoms. The summed E-state index contributed by atoms with van der Waals surface area (Å²) in [5.41, 5.74) is 0.753. The van der Waals surface area contributed by atoms with Crippen molar-refractivity contribution in [2.45, 2.75) is 6.42 Å². The first-order valence-corrected chi connectivity index (χ1v) is 7.48. The third-order valence-electron chi connectivity index (χ3n) is 4.49. The largest absolute Gasteiger partial charge is 0.380 e. The molecule has 1 atom stereocenters. The highest BCUT2D eigenvalue weighted by molar-refractivity contribution is 5.60. The molecule has 0 N–H and O–H groups in total. The summed E-state index contributed by atoms with van der Waals surface area (Å²) in [7, 11) is 0. The first kappa shape index (κ1) is 14.5. The van der Waals surface area contributed by atoms with Crippen LogP contribution in [-0.2, 0) is 9.53 Å². The fraction of sp³-hybridized carbons (Fsp3) is 0.562. The molecule has 0 aliphatic carbocycles. The average molecular weight is 292 g/mol. The zero-order chi connectivity index (χ0) is 14.7. The van der Waals surface area contributed by atoms with Crippen LogP contribution in [0.15, 0.2) is 24.3 Å². The van der Waals surface area contributed by atoms with Crippen LogP contribution < -0.4 is 4.90 Å². The van der Waals surface area contributed by atoms with E-state index < -0.39 is 0 Å². The number of hydrogen-bond acceptors (Lipinski definition) is 4. The molecule has 4 nitrogen and oxygen atoms in total. The number of rotatable bonds is 4. The van der Waals surface area contributed by atoms with Gasteiger partial charge in [-0.3, -0.25) is 4.90 Å². The van der Waals surface area contributed by atoms with E-state index in [1.165, 1.54) is 12.1 Å². The highest BCUT2D eigenvalue weighted by Crippen LogP contribution is 2.28. The summed E-state index contributed by atoms with van der Waals surface area (Å²) in [6.45, 7) is 5.68. The molecule has 0 bridgehead atoms. The van der Waals surface area contributed by atoms with Crippen LogP contribution in [0, 0.1) is 11.2 Å². The molecule has 2 heterocycles. The maximum atomic E-state index is 13.0. The molecule has 1 unspecified atom stereocenters. The van der Waals surface area contributed by atoms with Gasteiger partial charge in [0.05, 0.1) is 12.0 Å². The van der Waals surface area contributed by atoms with Gasteiger partial charge < -0.3 is 14.4 Å². The number of nitrogens with zero attached hydrogens (tertiary/aromatic N) is 2. The normalized spacial score (nSPS) is 27.0. The summed E-state index contributed by atoms with van der Waals surface area (Å²) in [5.74, 6) is -0.202. The zero-order valence-corrected chi connectivity index (χ0v) is 12.1. The average Bonchev–Trinajstić information content (AvgIpc) is 2.98. The lowest BCUT2D eigenvalue weighted by atomic mass is 9.88. The smallest absolute Gasteiger partial charge is 0.129 e. The van der Waals surface area contributed by atoms with Crippen molar-refractivity contribution in [2.75, 3.05) is 50.8 Å². The van der Waals surface area contributed by atoms with E-state index in [4.69, 9.17) is 4.74 Å². The second-order valence-electron chi connectivity index (χ2n) is 6.02. The lowest BCUT2D eigenvalue weighted by Crippen LogP contribution is -2.50. The van der Waals surface area contributed by atoms with Gasteiger partial charge in [-0.2, -0.15) is 0 Å². The lowest BCUT2D eigenvalue weighted by Gasteiger charge is -2.38. The van der Waals surface area contributed by atoms with Crippen molar-refractivity contribution in [3.05, 3.63) is 30.1 Å². The Morgan fingerprint density at radius 2 is 1.90 bits per heavy atom. The van der Waals surface area contributed by atoms with Crippen LogP contribution in [0.3, 0.4) is 0 Å². The number of anilines is 1. The molecule has 2 aliphatic rings. The maximum Gasteiger partial charge on any atom is 0.129 e.